The Balaban J connectivity index is 0.00000672. The van der Waals surface area contributed by atoms with Crippen LogP contribution in [0.4, 0.5) is 0 Å². The molecule has 3 aromatic heterocycles. The molecule has 0 radical (unpaired) electrons. The normalized spacial score (nSPS) is 12.4. The molecule has 7 heteroatoms. The molecular formula is C70H72N5OPt-. The van der Waals surface area contributed by atoms with Crippen molar-refractivity contribution >= 4 is 43.9 Å². The van der Waals surface area contributed by atoms with Gasteiger partial charge in [-0.15, -0.1) is 29.8 Å². The van der Waals surface area contributed by atoms with Crippen molar-refractivity contribution in [2.75, 3.05) is 0 Å². The zero-order valence-corrected chi connectivity index (χ0v) is 49.5. The predicted octanol–water partition coefficient (Wildman–Crippen LogP) is 19.1. The van der Waals surface area contributed by atoms with Crippen molar-refractivity contribution in [2.45, 2.75) is 131 Å². The van der Waals surface area contributed by atoms with E-state index in [-0.39, 0.29) is 61.3 Å². The fraction of sp³-hybridized carbons (Fsp3) is 0.286. The quantitative estimate of drug-likeness (QED) is 0.139. The summed E-state index contributed by atoms with van der Waals surface area (Å²) in [6.45, 7) is 31.5. The maximum atomic E-state index is 12.7. The van der Waals surface area contributed by atoms with Gasteiger partial charge in [0.1, 0.15) is 11.6 Å². The molecule has 0 saturated heterocycles. The molecule has 394 valence electrons. The minimum absolute atomic E-state index is 0. The van der Waals surface area contributed by atoms with Gasteiger partial charge in [0.25, 0.3) is 0 Å². The first-order chi connectivity index (χ1) is 36.2. The average molecular weight is 1190 g/mol. The van der Waals surface area contributed by atoms with Crippen molar-refractivity contribution in [1.29, 1.82) is 0 Å². The van der Waals surface area contributed by atoms with Gasteiger partial charge in [-0.2, -0.15) is 0 Å². The first-order valence-corrected chi connectivity index (χ1v) is 27.4. The Hall–Kier alpha value is -7.01. The number of nitrogens with zero attached hydrogens (tertiary/aromatic N) is 5. The summed E-state index contributed by atoms with van der Waals surface area (Å²) >= 11 is 0. The Morgan fingerprint density at radius 2 is 1.01 bits per heavy atom. The minimum Gasteiger partial charge on any atom is -0.507 e. The van der Waals surface area contributed by atoms with E-state index in [1.54, 1.807) is 0 Å². The van der Waals surface area contributed by atoms with E-state index in [1.807, 2.05) is 0 Å². The standard InChI is InChI=1S/C70H72N5O.Pt/c1-41(2)49-29-21-30-50(42(3)4)63(49)74-60-35-23-33-53(62(60)72-68(74)55-39-47(69(9,10)11)40-56(66(55)76)70(12,13)14)45-24-20-25-46(38-45)67-71-57-36-37-59-61(54-28-18-19-34-58(54)73(59)48-26-16-15-17-27-48)65(57)75(67)64-51(43(5)6)31-22-32-52(64)44(7)8;/h15-37,39-44,76H,1-14H3;/q-1;. The number of fused-ring (bicyclic) bond motifs is 6. The Labute approximate surface area is 470 Å². The molecule has 0 saturated carbocycles. The van der Waals surface area contributed by atoms with Crippen LogP contribution in [0.25, 0.3) is 94.8 Å². The number of aromatic hydroxyl groups is 1. The van der Waals surface area contributed by atoms with Gasteiger partial charge in [-0.25, -0.2) is 4.98 Å². The Morgan fingerprint density at radius 3 is 1.61 bits per heavy atom. The van der Waals surface area contributed by atoms with Crippen LogP contribution in [0.15, 0.2) is 152 Å². The number of hydrogen-bond donors (Lipinski definition) is 1. The molecule has 0 aliphatic heterocycles. The second-order valence-corrected chi connectivity index (χ2v) is 24.3. The van der Waals surface area contributed by atoms with Crippen LogP contribution < -0.4 is 0 Å². The number of hydrogen-bond acceptors (Lipinski definition) is 3. The number of para-hydroxylation sites is 5. The van der Waals surface area contributed by atoms with E-state index in [9.17, 15) is 5.11 Å². The van der Waals surface area contributed by atoms with Crippen molar-refractivity contribution in [1.82, 2.24) is 23.7 Å². The van der Waals surface area contributed by atoms with E-state index in [2.05, 4.69) is 268 Å². The predicted molar refractivity (Wildman–Crippen MR) is 321 cm³/mol. The van der Waals surface area contributed by atoms with Gasteiger partial charge in [-0.3, -0.25) is 9.55 Å². The van der Waals surface area contributed by atoms with E-state index in [0.717, 1.165) is 89.5 Å². The van der Waals surface area contributed by atoms with E-state index in [1.165, 1.54) is 38.7 Å². The van der Waals surface area contributed by atoms with Crippen LogP contribution in [0.2, 0.25) is 0 Å². The number of aromatic nitrogens is 5. The van der Waals surface area contributed by atoms with Crippen molar-refractivity contribution < 1.29 is 26.2 Å². The van der Waals surface area contributed by atoms with Crippen LogP contribution in [-0.2, 0) is 31.9 Å². The monoisotopic (exact) mass is 1190 g/mol. The Kier molecular flexibility index (Phi) is 13.9. The molecule has 3 heterocycles. The molecule has 0 bridgehead atoms. The molecule has 11 rings (SSSR count). The second kappa shape index (κ2) is 20.1. The fourth-order valence-corrected chi connectivity index (χ4v) is 11.7. The summed E-state index contributed by atoms with van der Waals surface area (Å²) in [4.78, 5) is 11.4. The number of benzene rings is 8. The molecular weight excluding hydrogens is 1120 g/mol. The van der Waals surface area contributed by atoms with Gasteiger partial charge < -0.3 is 14.2 Å². The third kappa shape index (κ3) is 9.05. The van der Waals surface area contributed by atoms with Crippen LogP contribution in [0, 0.1) is 6.07 Å². The molecule has 0 unspecified atom stereocenters. The summed E-state index contributed by atoms with van der Waals surface area (Å²) in [5.41, 5.74) is 19.5. The van der Waals surface area contributed by atoms with Crippen molar-refractivity contribution in [3.8, 4) is 56.7 Å². The molecule has 0 aliphatic rings. The number of phenols is 1. The summed E-state index contributed by atoms with van der Waals surface area (Å²) in [7, 11) is 0. The summed E-state index contributed by atoms with van der Waals surface area (Å²) in [6.07, 6.45) is 0. The molecule has 77 heavy (non-hydrogen) atoms. The molecule has 0 spiro atoms. The van der Waals surface area contributed by atoms with E-state index >= 15 is 0 Å². The molecule has 8 aromatic carbocycles. The minimum atomic E-state index is -0.330. The largest absolute Gasteiger partial charge is 0.507 e. The van der Waals surface area contributed by atoms with E-state index < -0.39 is 0 Å². The molecule has 11 aromatic rings. The molecule has 1 N–H and O–H groups in total. The van der Waals surface area contributed by atoms with E-state index in [0.29, 0.717) is 0 Å². The van der Waals surface area contributed by atoms with Crippen molar-refractivity contribution in [2.24, 2.45) is 0 Å². The van der Waals surface area contributed by atoms with Gasteiger partial charge in [0.15, 0.2) is 0 Å². The molecule has 0 atom stereocenters. The zero-order valence-electron chi connectivity index (χ0n) is 47.2. The summed E-state index contributed by atoms with van der Waals surface area (Å²) in [5, 5.41) is 15.0. The molecule has 0 amide bonds. The zero-order chi connectivity index (χ0) is 53.7. The first kappa shape index (κ1) is 53.4. The summed E-state index contributed by atoms with van der Waals surface area (Å²) < 4.78 is 7.22. The van der Waals surface area contributed by atoms with E-state index in [4.69, 9.17) is 9.97 Å². The van der Waals surface area contributed by atoms with Crippen LogP contribution in [0.1, 0.15) is 154 Å². The maximum absolute atomic E-state index is 12.7. The average Bonchev–Trinajstić information content (AvgIpc) is 4.17. The topological polar surface area (TPSA) is 60.8 Å². The van der Waals surface area contributed by atoms with Crippen LogP contribution in [-0.4, -0.2) is 28.8 Å². The third-order valence-electron chi connectivity index (χ3n) is 15.6. The summed E-state index contributed by atoms with van der Waals surface area (Å²) in [6, 6.07) is 58.9. The Bertz CT molecular complexity index is 3990. The molecule has 0 fully saturated rings. The second-order valence-electron chi connectivity index (χ2n) is 24.3. The van der Waals surface area contributed by atoms with Gasteiger partial charge in [0, 0.05) is 48.8 Å². The summed E-state index contributed by atoms with van der Waals surface area (Å²) in [5.74, 6) is 2.73. The number of phenolic OH excluding ortho intramolecular Hbond substituents is 1. The Morgan fingerprint density at radius 1 is 0.468 bits per heavy atom. The SMILES string of the molecule is CC(C)c1cccc(C(C)C)c1-n1c(-c2cc(C(C)(C)C)cc(C(C)(C)C)c2O)nc2c(-c3[c-]c(-c4nc5ccc6c(c7ccccc7n6-c6ccccc6)c5n4-c4c(C(C)C)cccc4C(C)C)ccc3)cccc21.[Pt]. The van der Waals surface area contributed by atoms with Gasteiger partial charge in [-0.1, -0.05) is 199 Å². The van der Waals surface area contributed by atoms with Gasteiger partial charge >= 0.3 is 0 Å². The van der Waals surface area contributed by atoms with Crippen LogP contribution >= 0.6 is 0 Å². The first-order valence-electron chi connectivity index (χ1n) is 27.4. The van der Waals surface area contributed by atoms with Crippen molar-refractivity contribution in [3.05, 3.63) is 191 Å². The third-order valence-corrected chi connectivity index (χ3v) is 15.6. The number of imidazole rings is 2. The van der Waals surface area contributed by atoms with Gasteiger partial charge in [0.2, 0.25) is 0 Å². The van der Waals surface area contributed by atoms with Crippen molar-refractivity contribution in [3.63, 3.8) is 0 Å². The fourth-order valence-electron chi connectivity index (χ4n) is 11.7. The number of rotatable bonds is 10. The van der Waals surface area contributed by atoms with Crippen LogP contribution in [0.5, 0.6) is 5.75 Å². The maximum Gasteiger partial charge on any atom is 0.148 e. The smallest absolute Gasteiger partial charge is 0.148 e. The molecule has 0 aliphatic carbocycles. The van der Waals surface area contributed by atoms with Crippen LogP contribution in [0.3, 0.4) is 0 Å². The van der Waals surface area contributed by atoms with Gasteiger partial charge in [0.05, 0.1) is 50.2 Å². The van der Waals surface area contributed by atoms with Gasteiger partial charge in [-0.05, 0) is 105 Å². The molecule has 6 nitrogen and oxygen atoms in total.